The summed E-state index contributed by atoms with van der Waals surface area (Å²) in [5.41, 5.74) is 0.725. The first-order valence-corrected chi connectivity index (χ1v) is 5.30. The molecule has 0 aliphatic rings. The maximum absolute atomic E-state index is 11.8. The van der Waals surface area contributed by atoms with E-state index >= 15 is 0 Å². The van der Waals surface area contributed by atoms with E-state index in [0.29, 0.717) is 0 Å². The molecule has 1 aromatic heterocycles. The molecule has 0 bridgehead atoms. The van der Waals surface area contributed by atoms with Crippen molar-refractivity contribution in [2.45, 2.75) is 13.0 Å². The van der Waals surface area contributed by atoms with Gasteiger partial charge < -0.3 is 9.84 Å². The Kier molecular flexibility index (Phi) is 5.07. The van der Waals surface area contributed by atoms with Gasteiger partial charge in [0.15, 0.2) is 0 Å². The molecule has 0 saturated carbocycles. The van der Waals surface area contributed by atoms with E-state index in [2.05, 4.69) is 0 Å². The van der Waals surface area contributed by atoms with Crippen molar-refractivity contribution < 1.29 is 23.4 Å². The summed E-state index contributed by atoms with van der Waals surface area (Å²) in [6, 6.07) is 1.70. The Labute approximate surface area is 95.0 Å². The highest BCUT2D eigenvalue weighted by molar-refractivity contribution is 7.10. The SMILES string of the molecule is O=C(O)/C=C/c1csc(COCC(F)F)c1. The third kappa shape index (κ3) is 4.99. The largest absolute Gasteiger partial charge is 0.478 e. The number of hydrogen-bond acceptors (Lipinski definition) is 3. The Morgan fingerprint density at radius 3 is 3.00 bits per heavy atom. The van der Waals surface area contributed by atoms with Gasteiger partial charge in [-0.3, -0.25) is 0 Å². The average Bonchev–Trinajstić information content (AvgIpc) is 2.62. The number of rotatable bonds is 6. The van der Waals surface area contributed by atoms with E-state index in [0.717, 1.165) is 16.5 Å². The van der Waals surface area contributed by atoms with E-state index in [4.69, 9.17) is 9.84 Å². The molecule has 0 saturated heterocycles. The fourth-order valence-corrected chi connectivity index (χ4v) is 1.77. The van der Waals surface area contributed by atoms with Crippen molar-refractivity contribution >= 4 is 23.4 Å². The van der Waals surface area contributed by atoms with Gasteiger partial charge in [0.1, 0.15) is 6.61 Å². The molecule has 1 heterocycles. The number of carboxylic acids is 1. The molecule has 0 amide bonds. The zero-order valence-corrected chi connectivity index (χ0v) is 9.05. The van der Waals surface area contributed by atoms with Crippen molar-refractivity contribution in [2.24, 2.45) is 0 Å². The second kappa shape index (κ2) is 6.34. The predicted octanol–water partition coefficient (Wildman–Crippen LogP) is 2.63. The van der Waals surface area contributed by atoms with Gasteiger partial charge in [-0.15, -0.1) is 11.3 Å². The van der Waals surface area contributed by atoms with Crippen LogP contribution in [0.3, 0.4) is 0 Å². The number of hydrogen-bond donors (Lipinski definition) is 1. The number of carbonyl (C=O) groups is 1. The van der Waals surface area contributed by atoms with Gasteiger partial charge in [0.05, 0.1) is 6.61 Å². The number of aliphatic carboxylic acids is 1. The first kappa shape index (κ1) is 12.8. The van der Waals surface area contributed by atoms with Crippen LogP contribution in [-0.4, -0.2) is 24.1 Å². The summed E-state index contributed by atoms with van der Waals surface area (Å²) in [6.07, 6.45) is -0.00674. The zero-order chi connectivity index (χ0) is 12.0. The summed E-state index contributed by atoms with van der Waals surface area (Å²) in [6.45, 7) is -0.464. The van der Waals surface area contributed by atoms with E-state index < -0.39 is 19.0 Å². The fourth-order valence-electron chi connectivity index (χ4n) is 0.977. The quantitative estimate of drug-likeness (QED) is 0.787. The molecule has 0 unspecified atom stereocenters. The van der Waals surface area contributed by atoms with E-state index in [1.54, 1.807) is 11.4 Å². The van der Waals surface area contributed by atoms with Crippen molar-refractivity contribution in [2.75, 3.05) is 6.61 Å². The number of thiophene rings is 1. The van der Waals surface area contributed by atoms with Gasteiger partial charge in [0.2, 0.25) is 0 Å². The highest BCUT2D eigenvalue weighted by Gasteiger charge is 2.03. The Morgan fingerprint density at radius 1 is 1.62 bits per heavy atom. The van der Waals surface area contributed by atoms with Gasteiger partial charge in [0, 0.05) is 11.0 Å². The highest BCUT2D eigenvalue weighted by atomic mass is 32.1. The van der Waals surface area contributed by atoms with Crippen molar-refractivity contribution in [1.29, 1.82) is 0 Å². The number of ether oxygens (including phenoxy) is 1. The van der Waals surface area contributed by atoms with Crippen LogP contribution in [0, 0.1) is 0 Å². The summed E-state index contributed by atoms with van der Waals surface area (Å²) in [5.74, 6) is -1.03. The molecule has 16 heavy (non-hydrogen) atoms. The predicted molar refractivity (Wildman–Crippen MR) is 56.6 cm³/mol. The molecule has 0 aromatic carbocycles. The molecule has 88 valence electrons. The second-order valence-electron chi connectivity index (χ2n) is 2.92. The van der Waals surface area contributed by atoms with E-state index in [-0.39, 0.29) is 6.61 Å². The van der Waals surface area contributed by atoms with Crippen LogP contribution in [0.25, 0.3) is 6.08 Å². The van der Waals surface area contributed by atoms with Gasteiger partial charge in [0.25, 0.3) is 6.43 Å². The molecule has 1 rings (SSSR count). The summed E-state index contributed by atoms with van der Waals surface area (Å²) in [4.78, 5) is 11.0. The van der Waals surface area contributed by atoms with Crippen LogP contribution in [-0.2, 0) is 16.1 Å². The van der Waals surface area contributed by atoms with Crippen molar-refractivity contribution in [3.63, 3.8) is 0 Å². The third-order valence-corrected chi connectivity index (χ3v) is 2.51. The molecule has 0 aliphatic heterocycles. The topological polar surface area (TPSA) is 46.5 Å². The monoisotopic (exact) mass is 248 g/mol. The minimum atomic E-state index is -2.47. The van der Waals surface area contributed by atoms with E-state index in [9.17, 15) is 13.6 Å². The lowest BCUT2D eigenvalue weighted by molar-refractivity contribution is -0.131. The van der Waals surface area contributed by atoms with E-state index in [1.807, 2.05) is 0 Å². The highest BCUT2D eigenvalue weighted by Crippen LogP contribution is 2.17. The normalized spacial score (nSPS) is 11.4. The summed E-state index contributed by atoms with van der Waals surface area (Å²) >= 11 is 1.34. The van der Waals surface area contributed by atoms with Crippen LogP contribution >= 0.6 is 11.3 Å². The van der Waals surface area contributed by atoms with Crippen LogP contribution in [0.2, 0.25) is 0 Å². The van der Waals surface area contributed by atoms with Crippen LogP contribution in [0.5, 0.6) is 0 Å². The first-order valence-electron chi connectivity index (χ1n) is 4.42. The van der Waals surface area contributed by atoms with Gasteiger partial charge in [-0.2, -0.15) is 0 Å². The maximum atomic E-state index is 11.8. The van der Waals surface area contributed by atoms with Crippen molar-refractivity contribution in [3.05, 3.63) is 28.0 Å². The average molecular weight is 248 g/mol. The fraction of sp³-hybridized carbons (Fsp3) is 0.300. The van der Waals surface area contributed by atoms with E-state index in [1.165, 1.54) is 17.4 Å². The molecule has 3 nitrogen and oxygen atoms in total. The Balaban J connectivity index is 2.42. The number of carboxylic acid groups (broad SMARTS) is 1. The van der Waals surface area contributed by atoms with Crippen LogP contribution in [0.15, 0.2) is 17.5 Å². The lowest BCUT2D eigenvalue weighted by Gasteiger charge is -1.99. The summed E-state index contributed by atoms with van der Waals surface area (Å²) < 4.78 is 28.2. The lowest BCUT2D eigenvalue weighted by atomic mass is 10.3. The van der Waals surface area contributed by atoms with Gasteiger partial charge in [-0.05, 0) is 23.1 Å². The molecule has 1 N–H and O–H groups in total. The van der Waals surface area contributed by atoms with Gasteiger partial charge in [-0.1, -0.05) is 0 Å². The molecule has 0 fully saturated rings. The number of alkyl halides is 2. The minimum absolute atomic E-state index is 0.121. The Hall–Kier alpha value is -1.27. The molecule has 0 atom stereocenters. The maximum Gasteiger partial charge on any atom is 0.328 e. The van der Waals surface area contributed by atoms with Gasteiger partial charge >= 0.3 is 5.97 Å². The third-order valence-electron chi connectivity index (χ3n) is 1.58. The molecule has 0 aliphatic carbocycles. The second-order valence-corrected chi connectivity index (χ2v) is 3.92. The summed E-state index contributed by atoms with van der Waals surface area (Å²) in [5, 5.41) is 10.1. The van der Waals surface area contributed by atoms with Crippen LogP contribution < -0.4 is 0 Å². The zero-order valence-electron chi connectivity index (χ0n) is 8.23. The van der Waals surface area contributed by atoms with Crippen LogP contribution in [0.1, 0.15) is 10.4 Å². The molecular formula is C10H10F2O3S. The van der Waals surface area contributed by atoms with Crippen molar-refractivity contribution in [3.8, 4) is 0 Å². The molecule has 0 spiro atoms. The lowest BCUT2D eigenvalue weighted by Crippen LogP contribution is -2.03. The minimum Gasteiger partial charge on any atom is -0.478 e. The molecule has 6 heteroatoms. The summed E-state index contributed by atoms with van der Waals surface area (Å²) in [7, 11) is 0. The smallest absolute Gasteiger partial charge is 0.328 e. The van der Waals surface area contributed by atoms with Crippen LogP contribution in [0.4, 0.5) is 8.78 Å². The van der Waals surface area contributed by atoms with Crippen molar-refractivity contribution in [1.82, 2.24) is 0 Å². The Bertz CT molecular complexity index is 374. The van der Waals surface area contributed by atoms with Gasteiger partial charge in [-0.25, -0.2) is 13.6 Å². The number of halogens is 2. The first-order chi connectivity index (χ1) is 7.58. The molecular weight excluding hydrogens is 238 g/mol. The molecule has 0 radical (unpaired) electrons. The Morgan fingerprint density at radius 2 is 2.38 bits per heavy atom. The molecule has 1 aromatic rings. The standard InChI is InChI=1S/C10H10F2O3S/c11-9(12)5-15-4-8-3-7(6-16-8)1-2-10(13)14/h1-3,6,9H,4-5H2,(H,13,14)/b2-1+.